The van der Waals surface area contributed by atoms with E-state index in [0.29, 0.717) is 11.1 Å². The van der Waals surface area contributed by atoms with Gasteiger partial charge < -0.3 is 10.2 Å². The van der Waals surface area contributed by atoms with Crippen molar-refractivity contribution in [3.63, 3.8) is 0 Å². The number of phenols is 2. The second-order valence-electron chi connectivity index (χ2n) is 4.70. The number of amides is 1. The van der Waals surface area contributed by atoms with E-state index in [1.54, 1.807) is 30.3 Å². The van der Waals surface area contributed by atoms with Crippen molar-refractivity contribution in [2.45, 2.75) is 13.3 Å². The number of rotatable bonds is 4. The number of nitrogens with one attached hydrogen (secondary N) is 1. The van der Waals surface area contributed by atoms with Crippen molar-refractivity contribution in [3.05, 3.63) is 59.2 Å². The molecular weight excluding hydrogens is 268 g/mol. The third kappa shape index (κ3) is 4.35. The Kier molecular flexibility index (Phi) is 4.56. The predicted octanol–water partition coefficient (Wildman–Crippen LogP) is 2.10. The highest BCUT2D eigenvalue weighted by Crippen LogP contribution is 2.16. The van der Waals surface area contributed by atoms with Crippen molar-refractivity contribution in [2.75, 3.05) is 0 Å². The van der Waals surface area contributed by atoms with Crippen molar-refractivity contribution < 1.29 is 15.0 Å². The summed E-state index contributed by atoms with van der Waals surface area (Å²) in [5.41, 5.74) is 4.54. The van der Waals surface area contributed by atoms with E-state index >= 15 is 0 Å². The SMILES string of the molecule is Cc1ccc(/C=N/NC(=O)Cc2cccc(O)c2)c(O)c1. The highest BCUT2D eigenvalue weighted by atomic mass is 16.3. The first kappa shape index (κ1) is 14.6. The van der Waals surface area contributed by atoms with Gasteiger partial charge in [0.25, 0.3) is 0 Å². The van der Waals surface area contributed by atoms with Gasteiger partial charge in [0.1, 0.15) is 11.5 Å². The van der Waals surface area contributed by atoms with Crippen LogP contribution in [0.2, 0.25) is 0 Å². The minimum atomic E-state index is -0.302. The molecule has 0 radical (unpaired) electrons. The smallest absolute Gasteiger partial charge is 0.244 e. The third-order valence-electron chi connectivity index (χ3n) is 2.85. The van der Waals surface area contributed by atoms with Crippen LogP contribution in [0.3, 0.4) is 0 Å². The molecule has 5 heteroatoms. The Balaban J connectivity index is 1.93. The van der Waals surface area contributed by atoms with Crippen molar-refractivity contribution in [1.82, 2.24) is 5.43 Å². The highest BCUT2D eigenvalue weighted by molar-refractivity contribution is 5.85. The molecule has 0 heterocycles. The number of hydrazone groups is 1. The van der Waals surface area contributed by atoms with Crippen LogP contribution in [0.5, 0.6) is 11.5 Å². The maximum Gasteiger partial charge on any atom is 0.244 e. The number of hydrogen-bond acceptors (Lipinski definition) is 4. The van der Waals surface area contributed by atoms with Gasteiger partial charge in [0.15, 0.2) is 0 Å². The maximum absolute atomic E-state index is 11.7. The van der Waals surface area contributed by atoms with Crippen molar-refractivity contribution in [2.24, 2.45) is 5.10 Å². The number of carbonyl (C=O) groups excluding carboxylic acids is 1. The summed E-state index contributed by atoms with van der Waals surface area (Å²) in [5, 5.41) is 22.8. The number of aryl methyl sites for hydroxylation is 1. The lowest BCUT2D eigenvalue weighted by molar-refractivity contribution is -0.120. The van der Waals surface area contributed by atoms with Gasteiger partial charge in [-0.05, 0) is 42.3 Å². The van der Waals surface area contributed by atoms with Crippen LogP contribution in [0, 0.1) is 6.92 Å². The largest absolute Gasteiger partial charge is 0.508 e. The molecule has 0 aliphatic rings. The first-order valence-electron chi connectivity index (χ1n) is 6.44. The van der Waals surface area contributed by atoms with Crippen LogP contribution >= 0.6 is 0 Å². The van der Waals surface area contributed by atoms with Crippen molar-refractivity contribution in [3.8, 4) is 11.5 Å². The van der Waals surface area contributed by atoms with Gasteiger partial charge in [-0.25, -0.2) is 5.43 Å². The monoisotopic (exact) mass is 284 g/mol. The zero-order valence-electron chi connectivity index (χ0n) is 11.6. The molecule has 0 aliphatic carbocycles. The zero-order valence-corrected chi connectivity index (χ0v) is 11.6. The molecule has 0 aromatic heterocycles. The van der Waals surface area contributed by atoms with E-state index in [9.17, 15) is 15.0 Å². The van der Waals surface area contributed by atoms with Crippen LogP contribution in [0.25, 0.3) is 0 Å². The first-order chi connectivity index (χ1) is 10.0. The molecule has 108 valence electrons. The average molecular weight is 284 g/mol. The summed E-state index contributed by atoms with van der Waals surface area (Å²) in [6.45, 7) is 1.87. The number of phenolic OH excluding ortho intramolecular Hbond substituents is 2. The maximum atomic E-state index is 11.7. The van der Waals surface area contributed by atoms with E-state index in [0.717, 1.165) is 5.56 Å². The molecule has 0 saturated carbocycles. The predicted molar refractivity (Wildman–Crippen MR) is 80.4 cm³/mol. The van der Waals surface area contributed by atoms with Crippen LogP contribution < -0.4 is 5.43 Å². The van der Waals surface area contributed by atoms with E-state index in [4.69, 9.17) is 0 Å². The molecule has 21 heavy (non-hydrogen) atoms. The molecule has 0 unspecified atom stereocenters. The lowest BCUT2D eigenvalue weighted by Crippen LogP contribution is -2.19. The fourth-order valence-corrected chi connectivity index (χ4v) is 1.83. The Morgan fingerprint density at radius 1 is 1.24 bits per heavy atom. The molecule has 0 fully saturated rings. The summed E-state index contributed by atoms with van der Waals surface area (Å²) in [7, 11) is 0. The van der Waals surface area contributed by atoms with Gasteiger partial charge in [-0.3, -0.25) is 4.79 Å². The molecule has 0 saturated heterocycles. The summed E-state index contributed by atoms with van der Waals surface area (Å²) < 4.78 is 0. The average Bonchev–Trinajstić information content (AvgIpc) is 2.41. The minimum Gasteiger partial charge on any atom is -0.508 e. The number of benzene rings is 2. The molecular formula is C16H16N2O3. The van der Waals surface area contributed by atoms with E-state index in [1.165, 1.54) is 12.3 Å². The van der Waals surface area contributed by atoms with Crippen LogP contribution in [0.4, 0.5) is 0 Å². The Morgan fingerprint density at radius 3 is 2.76 bits per heavy atom. The van der Waals surface area contributed by atoms with Gasteiger partial charge >= 0.3 is 0 Å². The van der Waals surface area contributed by atoms with Gasteiger partial charge in [0.2, 0.25) is 5.91 Å². The lowest BCUT2D eigenvalue weighted by Gasteiger charge is -2.02. The number of aromatic hydroxyl groups is 2. The van der Waals surface area contributed by atoms with Crippen molar-refractivity contribution in [1.29, 1.82) is 0 Å². The number of hydrogen-bond donors (Lipinski definition) is 3. The van der Waals surface area contributed by atoms with Gasteiger partial charge in [-0.2, -0.15) is 5.10 Å². The third-order valence-corrected chi connectivity index (χ3v) is 2.85. The van der Waals surface area contributed by atoms with Crippen LogP contribution in [-0.4, -0.2) is 22.3 Å². The van der Waals surface area contributed by atoms with Gasteiger partial charge in [0.05, 0.1) is 12.6 Å². The zero-order chi connectivity index (χ0) is 15.2. The van der Waals surface area contributed by atoms with Crippen molar-refractivity contribution >= 4 is 12.1 Å². The number of carbonyl (C=O) groups is 1. The fourth-order valence-electron chi connectivity index (χ4n) is 1.83. The standard InChI is InChI=1S/C16H16N2O3/c1-11-5-6-13(15(20)7-11)10-17-18-16(21)9-12-3-2-4-14(19)8-12/h2-8,10,19-20H,9H2,1H3,(H,18,21)/b17-10+. The Morgan fingerprint density at radius 2 is 2.05 bits per heavy atom. The van der Waals surface area contributed by atoms with Gasteiger partial charge in [-0.15, -0.1) is 0 Å². The Hall–Kier alpha value is -2.82. The molecule has 0 aliphatic heterocycles. The molecule has 0 bridgehead atoms. The van der Waals surface area contributed by atoms with Gasteiger partial charge in [-0.1, -0.05) is 18.2 Å². The molecule has 3 N–H and O–H groups in total. The normalized spacial score (nSPS) is 10.7. The van der Waals surface area contributed by atoms with Crippen LogP contribution in [-0.2, 0) is 11.2 Å². The van der Waals surface area contributed by atoms with E-state index < -0.39 is 0 Å². The van der Waals surface area contributed by atoms with E-state index in [2.05, 4.69) is 10.5 Å². The second-order valence-corrected chi connectivity index (χ2v) is 4.70. The van der Waals surface area contributed by atoms with E-state index in [1.807, 2.05) is 13.0 Å². The summed E-state index contributed by atoms with van der Waals surface area (Å²) in [6.07, 6.45) is 1.50. The topological polar surface area (TPSA) is 81.9 Å². The Labute approximate surface area is 122 Å². The molecule has 2 aromatic carbocycles. The molecule has 5 nitrogen and oxygen atoms in total. The van der Waals surface area contributed by atoms with E-state index in [-0.39, 0.29) is 23.8 Å². The summed E-state index contributed by atoms with van der Waals surface area (Å²) in [5.74, 6) is -0.0715. The molecule has 0 spiro atoms. The van der Waals surface area contributed by atoms with Crippen LogP contribution in [0.15, 0.2) is 47.6 Å². The second kappa shape index (κ2) is 6.56. The lowest BCUT2D eigenvalue weighted by atomic mass is 10.1. The van der Waals surface area contributed by atoms with Gasteiger partial charge in [0, 0.05) is 5.56 Å². The van der Waals surface area contributed by atoms with Crippen LogP contribution in [0.1, 0.15) is 16.7 Å². The number of nitrogens with zero attached hydrogens (tertiary/aromatic N) is 1. The first-order valence-corrected chi connectivity index (χ1v) is 6.44. The summed E-state index contributed by atoms with van der Waals surface area (Å²) in [4.78, 5) is 11.7. The molecule has 2 rings (SSSR count). The summed E-state index contributed by atoms with van der Waals surface area (Å²) >= 11 is 0. The quantitative estimate of drug-likeness (QED) is 0.594. The fraction of sp³-hybridized carbons (Fsp3) is 0.125. The summed E-state index contributed by atoms with van der Waals surface area (Å²) in [6, 6.07) is 11.7. The molecule has 2 aromatic rings. The minimum absolute atomic E-state index is 0.112. The molecule has 0 atom stereocenters. The Bertz CT molecular complexity index is 681. The molecule has 1 amide bonds. The highest BCUT2D eigenvalue weighted by Gasteiger charge is 2.03.